The molecule has 0 aliphatic heterocycles. The highest BCUT2D eigenvalue weighted by Gasteiger charge is 2.17. The van der Waals surface area contributed by atoms with Gasteiger partial charge in [-0.05, 0) is 25.5 Å². The van der Waals surface area contributed by atoms with Crippen molar-refractivity contribution in [2.75, 3.05) is 18.1 Å². The SMILES string of the molecule is CCCCOc1ccc(C)cc1-c1nc(N)nc(N)c1C#N. The van der Waals surface area contributed by atoms with Crippen LogP contribution in [0.1, 0.15) is 30.9 Å². The second kappa shape index (κ2) is 6.76. The van der Waals surface area contributed by atoms with E-state index in [0.717, 1.165) is 18.4 Å². The van der Waals surface area contributed by atoms with Crippen molar-refractivity contribution in [2.24, 2.45) is 0 Å². The number of aromatic nitrogens is 2. The lowest BCUT2D eigenvalue weighted by Gasteiger charge is -2.13. The highest BCUT2D eigenvalue weighted by Crippen LogP contribution is 2.33. The summed E-state index contributed by atoms with van der Waals surface area (Å²) in [5.41, 5.74) is 13.8. The quantitative estimate of drug-likeness (QED) is 0.821. The Morgan fingerprint density at radius 3 is 2.73 bits per heavy atom. The first kappa shape index (κ1) is 15.6. The Labute approximate surface area is 129 Å². The molecule has 22 heavy (non-hydrogen) atoms. The highest BCUT2D eigenvalue weighted by atomic mass is 16.5. The Balaban J connectivity index is 2.56. The van der Waals surface area contributed by atoms with Crippen LogP contribution in [0.2, 0.25) is 0 Å². The molecular weight excluding hydrogens is 278 g/mol. The van der Waals surface area contributed by atoms with Crippen LogP contribution in [0.15, 0.2) is 18.2 Å². The standard InChI is InChI=1S/C16H19N5O/c1-3-4-7-22-13-6-5-10(2)8-11(13)14-12(9-17)15(18)21-16(19)20-14/h5-6,8H,3-4,7H2,1-2H3,(H4,18,19,20,21). The van der Waals surface area contributed by atoms with E-state index in [1.807, 2.05) is 31.2 Å². The fraction of sp³-hybridized carbons (Fsp3) is 0.312. The van der Waals surface area contributed by atoms with E-state index in [4.69, 9.17) is 16.2 Å². The molecule has 1 heterocycles. The largest absolute Gasteiger partial charge is 0.493 e. The van der Waals surface area contributed by atoms with Gasteiger partial charge in [-0.25, -0.2) is 4.98 Å². The number of hydrogen-bond acceptors (Lipinski definition) is 6. The van der Waals surface area contributed by atoms with E-state index in [0.29, 0.717) is 23.6 Å². The molecule has 0 saturated carbocycles. The van der Waals surface area contributed by atoms with Crippen LogP contribution in [0.5, 0.6) is 5.75 Å². The molecule has 6 heteroatoms. The molecule has 1 aromatic heterocycles. The number of aryl methyl sites for hydroxylation is 1. The normalized spacial score (nSPS) is 10.2. The first-order valence-electron chi connectivity index (χ1n) is 7.13. The third kappa shape index (κ3) is 3.26. The summed E-state index contributed by atoms with van der Waals surface area (Å²) in [5, 5.41) is 9.33. The van der Waals surface area contributed by atoms with Gasteiger partial charge >= 0.3 is 0 Å². The Morgan fingerprint density at radius 2 is 2.05 bits per heavy atom. The number of nitrogens with two attached hydrogens (primary N) is 2. The van der Waals surface area contributed by atoms with Gasteiger partial charge in [0.25, 0.3) is 0 Å². The molecule has 0 radical (unpaired) electrons. The van der Waals surface area contributed by atoms with Crippen molar-refractivity contribution >= 4 is 11.8 Å². The van der Waals surface area contributed by atoms with Gasteiger partial charge in [-0.1, -0.05) is 25.0 Å². The number of nitrogens with zero attached hydrogens (tertiary/aromatic N) is 3. The first-order chi connectivity index (χ1) is 10.6. The molecule has 1 aromatic carbocycles. The van der Waals surface area contributed by atoms with E-state index in [2.05, 4.69) is 16.9 Å². The van der Waals surface area contributed by atoms with Crippen LogP contribution in [0, 0.1) is 18.3 Å². The van der Waals surface area contributed by atoms with Crippen molar-refractivity contribution in [1.29, 1.82) is 5.26 Å². The number of hydrogen-bond donors (Lipinski definition) is 2. The van der Waals surface area contributed by atoms with Crippen LogP contribution in [0.4, 0.5) is 11.8 Å². The van der Waals surface area contributed by atoms with Gasteiger partial charge in [0.2, 0.25) is 5.95 Å². The summed E-state index contributed by atoms with van der Waals surface area (Å²) in [7, 11) is 0. The van der Waals surface area contributed by atoms with Crippen molar-refractivity contribution in [3.63, 3.8) is 0 Å². The van der Waals surface area contributed by atoms with Crippen molar-refractivity contribution < 1.29 is 4.74 Å². The molecule has 4 N–H and O–H groups in total. The van der Waals surface area contributed by atoms with E-state index in [1.165, 1.54) is 0 Å². The molecule has 0 bridgehead atoms. The fourth-order valence-electron chi connectivity index (χ4n) is 2.08. The lowest BCUT2D eigenvalue weighted by molar-refractivity contribution is 0.310. The summed E-state index contributed by atoms with van der Waals surface area (Å²) in [6, 6.07) is 7.77. The lowest BCUT2D eigenvalue weighted by Crippen LogP contribution is -2.06. The van der Waals surface area contributed by atoms with Crippen LogP contribution in [-0.4, -0.2) is 16.6 Å². The van der Waals surface area contributed by atoms with E-state index < -0.39 is 0 Å². The van der Waals surface area contributed by atoms with E-state index in [1.54, 1.807) is 0 Å². The lowest BCUT2D eigenvalue weighted by atomic mass is 10.0. The molecule has 2 aromatic rings. The summed E-state index contributed by atoms with van der Waals surface area (Å²) < 4.78 is 5.81. The average Bonchev–Trinajstić information content (AvgIpc) is 2.48. The van der Waals surface area contributed by atoms with E-state index >= 15 is 0 Å². The van der Waals surface area contributed by atoms with Crippen LogP contribution >= 0.6 is 0 Å². The van der Waals surface area contributed by atoms with Gasteiger partial charge < -0.3 is 16.2 Å². The third-order valence-electron chi connectivity index (χ3n) is 3.21. The molecule has 0 amide bonds. The van der Waals surface area contributed by atoms with Gasteiger partial charge in [-0.3, -0.25) is 0 Å². The molecule has 0 unspecified atom stereocenters. The van der Waals surface area contributed by atoms with Crippen molar-refractivity contribution in [2.45, 2.75) is 26.7 Å². The number of anilines is 2. The summed E-state index contributed by atoms with van der Waals surface area (Å²) in [6.45, 7) is 4.66. The highest BCUT2D eigenvalue weighted by molar-refractivity contribution is 5.77. The first-order valence-corrected chi connectivity index (χ1v) is 7.13. The molecule has 0 fully saturated rings. The smallest absolute Gasteiger partial charge is 0.222 e. The second-order valence-electron chi connectivity index (χ2n) is 5.00. The molecule has 0 saturated heterocycles. The Kier molecular flexibility index (Phi) is 4.79. The summed E-state index contributed by atoms with van der Waals surface area (Å²) in [4.78, 5) is 8.03. The summed E-state index contributed by atoms with van der Waals surface area (Å²) in [5.74, 6) is 0.770. The molecule has 6 nitrogen and oxygen atoms in total. The zero-order chi connectivity index (χ0) is 16.1. The Bertz CT molecular complexity index is 721. The van der Waals surface area contributed by atoms with E-state index in [-0.39, 0.29) is 17.3 Å². The zero-order valence-electron chi connectivity index (χ0n) is 12.8. The van der Waals surface area contributed by atoms with Crippen LogP contribution in [0.25, 0.3) is 11.3 Å². The van der Waals surface area contributed by atoms with Crippen LogP contribution in [-0.2, 0) is 0 Å². The monoisotopic (exact) mass is 297 g/mol. The van der Waals surface area contributed by atoms with Crippen LogP contribution in [0.3, 0.4) is 0 Å². The van der Waals surface area contributed by atoms with E-state index in [9.17, 15) is 5.26 Å². The average molecular weight is 297 g/mol. The molecule has 0 atom stereocenters. The second-order valence-corrected chi connectivity index (χ2v) is 5.00. The minimum absolute atomic E-state index is 0.0347. The number of rotatable bonds is 5. The summed E-state index contributed by atoms with van der Waals surface area (Å²) in [6.07, 6.45) is 1.99. The predicted molar refractivity (Wildman–Crippen MR) is 86.1 cm³/mol. The topological polar surface area (TPSA) is 111 Å². The molecule has 114 valence electrons. The number of unbranched alkanes of at least 4 members (excludes halogenated alkanes) is 1. The minimum atomic E-state index is 0.0347. The molecule has 0 spiro atoms. The van der Waals surface area contributed by atoms with Gasteiger partial charge in [0.1, 0.15) is 23.2 Å². The van der Waals surface area contributed by atoms with Crippen molar-refractivity contribution in [3.05, 3.63) is 29.3 Å². The summed E-state index contributed by atoms with van der Waals surface area (Å²) >= 11 is 0. The Morgan fingerprint density at radius 1 is 1.27 bits per heavy atom. The number of nitrogen functional groups attached to an aromatic ring is 2. The third-order valence-corrected chi connectivity index (χ3v) is 3.21. The van der Waals surface area contributed by atoms with Crippen molar-refractivity contribution in [1.82, 2.24) is 9.97 Å². The number of nitriles is 1. The van der Waals surface area contributed by atoms with Gasteiger partial charge in [0.15, 0.2) is 0 Å². The van der Waals surface area contributed by atoms with Gasteiger partial charge in [0, 0.05) is 5.56 Å². The van der Waals surface area contributed by atoms with Gasteiger partial charge in [0.05, 0.1) is 12.3 Å². The van der Waals surface area contributed by atoms with Gasteiger partial charge in [-0.2, -0.15) is 10.2 Å². The van der Waals surface area contributed by atoms with Crippen LogP contribution < -0.4 is 16.2 Å². The predicted octanol–water partition coefficient (Wildman–Crippen LogP) is 2.67. The number of ether oxygens (including phenoxy) is 1. The maximum absolute atomic E-state index is 9.33. The fourth-order valence-corrected chi connectivity index (χ4v) is 2.08. The van der Waals surface area contributed by atoms with Crippen molar-refractivity contribution in [3.8, 4) is 23.1 Å². The molecule has 0 aliphatic rings. The molecule has 0 aliphatic carbocycles. The molecular formula is C16H19N5O. The minimum Gasteiger partial charge on any atom is -0.493 e. The van der Waals surface area contributed by atoms with Gasteiger partial charge in [-0.15, -0.1) is 0 Å². The maximum atomic E-state index is 9.33. The Hall–Kier alpha value is -2.81. The zero-order valence-corrected chi connectivity index (χ0v) is 12.8. The number of benzene rings is 1. The maximum Gasteiger partial charge on any atom is 0.222 e. The molecule has 2 rings (SSSR count).